The fourth-order valence-corrected chi connectivity index (χ4v) is 2.36. The smallest absolute Gasteiger partial charge is 0.0900 e. The molecule has 1 rings (SSSR count). The van der Waals surface area contributed by atoms with Crippen LogP contribution in [0.15, 0.2) is 0 Å². The number of hydrogen-bond donors (Lipinski definition) is 1. The lowest BCUT2D eigenvalue weighted by Crippen LogP contribution is -2.24. The largest absolute Gasteiger partial charge is 0.308 e. The Morgan fingerprint density at radius 1 is 1.47 bits per heavy atom. The molecule has 0 fully saturated rings. The second-order valence-electron chi connectivity index (χ2n) is 3.83. The van der Waals surface area contributed by atoms with E-state index in [-0.39, 0.29) is 12.0 Å². The zero-order valence-corrected chi connectivity index (χ0v) is 10.5. The molecule has 0 saturated heterocycles. The Morgan fingerprint density at radius 3 is 2.60 bits per heavy atom. The Bertz CT molecular complexity index is 364. The molecule has 1 aromatic rings. The van der Waals surface area contributed by atoms with Crippen molar-refractivity contribution < 1.29 is 0 Å². The molecule has 0 aliphatic rings. The van der Waals surface area contributed by atoms with Gasteiger partial charge < -0.3 is 5.32 Å². The van der Waals surface area contributed by atoms with E-state index >= 15 is 0 Å². The van der Waals surface area contributed by atoms with Crippen LogP contribution in [0.4, 0.5) is 0 Å². The predicted octanol–water partition coefficient (Wildman–Crippen LogP) is 2.57. The summed E-state index contributed by atoms with van der Waals surface area (Å²) < 4.78 is 0. The van der Waals surface area contributed by atoms with E-state index in [1.165, 1.54) is 4.88 Å². The first kappa shape index (κ1) is 12.2. The van der Waals surface area contributed by atoms with Crippen LogP contribution in [-0.4, -0.2) is 11.5 Å². The molecule has 2 unspecified atom stereocenters. The maximum atomic E-state index is 8.67. The predicted molar refractivity (Wildman–Crippen MR) is 62.8 cm³/mol. The summed E-state index contributed by atoms with van der Waals surface area (Å²) in [6, 6.07) is 2.44. The van der Waals surface area contributed by atoms with E-state index in [0.29, 0.717) is 6.54 Å². The van der Waals surface area contributed by atoms with Crippen molar-refractivity contribution in [2.45, 2.75) is 33.7 Å². The van der Waals surface area contributed by atoms with Crippen LogP contribution >= 0.6 is 11.3 Å². The Hall–Kier alpha value is -0.920. The van der Waals surface area contributed by atoms with Gasteiger partial charge in [-0.3, -0.25) is 0 Å². The molecule has 1 aromatic heterocycles. The van der Waals surface area contributed by atoms with E-state index in [1.54, 1.807) is 11.3 Å². The Labute approximate surface area is 95.2 Å². The third kappa shape index (κ3) is 3.29. The van der Waals surface area contributed by atoms with Crippen LogP contribution in [0.25, 0.3) is 0 Å². The molecule has 4 heteroatoms. The molecule has 3 nitrogen and oxygen atoms in total. The van der Waals surface area contributed by atoms with E-state index in [1.807, 2.05) is 13.8 Å². The zero-order chi connectivity index (χ0) is 11.4. The average Bonchev–Trinajstić information content (AvgIpc) is 2.53. The molecule has 2 atom stereocenters. The molecule has 15 heavy (non-hydrogen) atoms. The van der Waals surface area contributed by atoms with Gasteiger partial charge in [-0.2, -0.15) is 5.26 Å². The third-order valence-corrected chi connectivity index (χ3v) is 3.20. The highest BCUT2D eigenvalue weighted by atomic mass is 32.1. The summed E-state index contributed by atoms with van der Waals surface area (Å²) in [5.41, 5.74) is 1.11. The lowest BCUT2D eigenvalue weighted by atomic mass is 10.1. The molecule has 0 spiro atoms. The van der Waals surface area contributed by atoms with Crippen molar-refractivity contribution in [3.8, 4) is 6.07 Å². The van der Waals surface area contributed by atoms with Gasteiger partial charge in [0.15, 0.2) is 0 Å². The van der Waals surface area contributed by atoms with Crippen molar-refractivity contribution in [2.75, 3.05) is 6.54 Å². The summed E-state index contributed by atoms with van der Waals surface area (Å²) in [6.45, 7) is 8.83. The number of nitrogens with one attached hydrogen (secondary N) is 1. The molecule has 0 radical (unpaired) electrons. The van der Waals surface area contributed by atoms with Gasteiger partial charge in [0.1, 0.15) is 0 Å². The lowest BCUT2D eigenvalue weighted by molar-refractivity contribution is 0.519. The van der Waals surface area contributed by atoms with Crippen molar-refractivity contribution in [3.05, 3.63) is 15.6 Å². The zero-order valence-electron chi connectivity index (χ0n) is 9.66. The first-order chi connectivity index (χ1) is 7.04. The summed E-state index contributed by atoms with van der Waals surface area (Å²) in [5, 5.41) is 13.1. The molecule has 1 N–H and O–H groups in total. The number of thiazole rings is 1. The maximum Gasteiger partial charge on any atom is 0.0900 e. The number of aromatic nitrogens is 1. The van der Waals surface area contributed by atoms with Crippen LogP contribution in [0.3, 0.4) is 0 Å². The van der Waals surface area contributed by atoms with E-state index in [4.69, 9.17) is 5.26 Å². The fraction of sp³-hybridized carbons (Fsp3) is 0.636. The van der Waals surface area contributed by atoms with E-state index in [9.17, 15) is 0 Å². The van der Waals surface area contributed by atoms with Crippen molar-refractivity contribution in [1.29, 1.82) is 5.26 Å². The molecule has 82 valence electrons. The Balaban J connectivity index is 2.58. The van der Waals surface area contributed by atoms with Gasteiger partial charge in [-0.25, -0.2) is 4.98 Å². The molecule has 0 saturated carbocycles. The molecule has 0 amide bonds. The number of nitrogens with zero attached hydrogens (tertiary/aromatic N) is 2. The van der Waals surface area contributed by atoms with Crippen LogP contribution in [0.5, 0.6) is 0 Å². The van der Waals surface area contributed by atoms with Gasteiger partial charge in [0, 0.05) is 17.5 Å². The SMILES string of the molecule is Cc1nc(C(C)NCC(C)C#N)c(C)s1. The van der Waals surface area contributed by atoms with Gasteiger partial charge in [-0.15, -0.1) is 11.3 Å². The number of aryl methyl sites for hydroxylation is 2. The molecular weight excluding hydrogens is 206 g/mol. The highest BCUT2D eigenvalue weighted by Gasteiger charge is 2.13. The van der Waals surface area contributed by atoms with Crippen LogP contribution in [0.2, 0.25) is 0 Å². The van der Waals surface area contributed by atoms with Gasteiger partial charge in [-0.1, -0.05) is 0 Å². The molecule has 0 aromatic carbocycles. The quantitative estimate of drug-likeness (QED) is 0.853. The first-order valence-electron chi connectivity index (χ1n) is 5.11. The molecule has 0 aliphatic carbocycles. The molecule has 1 heterocycles. The minimum atomic E-state index is 0.0486. The van der Waals surface area contributed by atoms with Gasteiger partial charge in [0.2, 0.25) is 0 Å². The summed E-state index contributed by atoms with van der Waals surface area (Å²) in [7, 11) is 0. The monoisotopic (exact) mass is 223 g/mol. The summed E-state index contributed by atoms with van der Waals surface area (Å²) in [5.74, 6) is 0.0486. The minimum absolute atomic E-state index is 0.0486. The van der Waals surface area contributed by atoms with E-state index in [0.717, 1.165) is 10.7 Å². The van der Waals surface area contributed by atoms with E-state index in [2.05, 4.69) is 30.2 Å². The Kier molecular flexibility index (Phi) is 4.25. The van der Waals surface area contributed by atoms with Crippen molar-refractivity contribution in [1.82, 2.24) is 10.3 Å². The third-order valence-electron chi connectivity index (χ3n) is 2.30. The topological polar surface area (TPSA) is 48.7 Å². The Morgan fingerprint density at radius 2 is 2.13 bits per heavy atom. The van der Waals surface area contributed by atoms with Gasteiger partial charge in [0.25, 0.3) is 0 Å². The number of rotatable bonds is 4. The van der Waals surface area contributed by atoms with Crippen LogP contribution in [0.1, 0.15) is 35.5 Å². The summed E-state index contributed by atoms with van der Waals surface area (Å²) in [6.07, 6.45) is 0. The second kappa shape index (κ2) is 5.24. The van der Waals surface area contributed by atoms with Crippen LogP contribution in [0, 0.1) is 31.1 Å². The normalized spacial score (nSPS) is 14.6. The van der Waals surface area contributed by atoms with Crippen LogP contribution in [-0.2, 0) is 0 Å². The lowest BCUT2D eigenvalue weighted by Gasteiger charge is -2.13. The van der Waals surface area contributed by atoms with Crippen molar-refractivity contribution in [2.24, 2.45) is 5.92 Å². The molecule has 0 aliphatic heterocycles. The van der Waals surface area contributed by atoms with Gasteiger partial charge in [0.05, 0.1) is 22.7 Å². The highest BCUT2D eigenvalue weighted by molar-refractivity contribution is 7.11. The van der Waals surface area contributed by atoms with Gasteiger partial charge >= 0.3 is 0 Å². The van der Waals surface area contributed by atoms with Crippen LogP contribution < -0.4 is 5.32 Å². The summed E-state index contributed by atoms with van der Waals surface area (Å²) in [4.78, 5) is 5.75. The van der Waals surface area contributed by atoms with Crippen molar-refractivity contribution >= 4 is 11.3 Å². The maximum absolute atomic E-state index is 8.67. The summed E-state index contributed by atoms with van der Waals surface area (Å²) >= 11 is 1.72. The second-order valence-corrected chi connectivity index (χ2v) is 5.24. The minimum Gasteiger partial charge on any atom is -0.308 e. The van der Waals surface area contributed by atoms with E-state index < -0.39 is 0 Å². The van der Waals surface area contributed by atoms with Crippen molar-refractivity contribution in [3.63, 3.8) is 0 Å². The highest BCUT2D eigenvalue weighted by Crippen LogP contribution is 2.22. The number of nitriles is 1. The first-order valence-corrected chi connectivity index (χ1v) is 5.93. The molecular formula is C11H17N3S. The average molecular weight is 223 g/mol. The fourth-order valence-electron chi connectivity index (χ4n) is 1.44. The standard InChI is InChI=1S/C11H17N3S/c1-7(5-12)6-13-8(2)11-9(3)15-10(4)14-11/h7-8,13H,6H2,1-4H3. The number of hydrogen-bond acceptors (Lipinski definition) is 4. The van der Waals surface area contributed by atoms with Gasteiger partial charge in [-0.05, 0) is 27.7 Å². The molecule has 0 bridgehead atoms.